The summed E-state index contributed by atoms with van der Waals surface area (Å²) in [5, 5.41) is 0. The summed E-state index contributed by atoms with van der Waals surface area (Å²) in [5.41, 5.74) is 4.98. The molecule has 1 aromatic carbocycles. The Balaban J connectivity index is 1.60. The summed E-state index contributed by atoms with van der Waals surface area (Å²) in [5.74, 6) is 0.104. The van der Waals surface area contributed by atoms with Gasteiger partial charge < -0.3 is 14.2 Å². The molecule has 0 radical (unpaired) electrons. The summed E-state index contributed by atoms with van der Waals surface area (Å²) >= 11 is 0. The van der Waals surface area contributed by atoms with Crippen molar-refractivity contribution >= 4 is 11.6 Å². The number of pyridine rings is 1. The van der Waals surface area contributed by atoms with Gasteiger partial charge in [-0.05, 0) is 74.8 Å². The van der Waals surface area contributed by atoms with Crippen molar-refractivity contribution < 1.29 is 4.79 Å². The quantitative estimate of drug-likeness (QED) is 0.716. The highest BCUT2D eigenvalue weighted by Gasteiger charge is 2.24. The molecule has 3 heterocycles. The molecular formula is C22H26N4O. The van der Waals surface area contributed by atoms with E-state index in [4.69, 9.17) is 0 Å². The van der Waals surface area contributed by atoms with E-state index in [0.29, 0.717) is 6.04 Å². The summed E-state index contributed by atoms with van der Waals surface area (Å²) in [7, 11) is 4.08. The first kappa shape index (κ1) is 17.7. The summed E-state index contributed by atoms with van der Waals surface area (Å²) in [4.78, 5) is 21.7. The molecule has 0 aliphatic carbocycles. The molecule has 3 aromatic rings. The first-order chi connectivity index (χ1) is 13.0. The van der Waals surface area contributed by atoms with Crippen LogP contribution in [-0.2, 0) is 0 Å². The largest absolute Gasteiger partial charge is 0.339 e. The van der Waals surface area contributed by atoms with Crippen LogP contribution in [0.3, 0.4) is 0 Å². The van der Waals surface area contributed by atoms with E-state index in [9.17, 15) is 4.79 Å². The normalized spacial score (nSPS) is 16.0. The molecule has 4 rings (SSSR count). The van der Waals surface area contributed by atoms with Gasteiger partial charge in [-0.15, -0.1) is 0 Å². The van der Waals surface area contributed by atoms with Gasteiger partial charge in [-0.1, -0.05) is 12.1 Å². The number of hydrogen-bond donors (Lipinski definition) is 0. The van der Waals surface area contributed by atoms with Crippen LogP contribution >= 0.6 is 0 Å². The smallest absolute Gasteiger partial charge is 0.253 e. The maximum absolute atomic E-state index is 13.0. The zero-order valence-electron chi connectivity index (χ0n) is 16.2. The molecule has 0 spiro atoms. The van der Waals surface area contributed by atoms with Crippen LogP contribution in [-0.4, -0.2) is 58.3 Å². The van der Waals surface area contributed by atoms with Gasteiger partial charge in [0.1, 0.15) is 5.65 Å². The van der Waals surface area contributed by atoms with E-state index in [-0.39, 0.29) is 5.91 Å². The number of nitrogens with zero attached hydrogens (tertiary/aromatic N) is 4. The number of carbonyl (C=O) groups excluding carboxylic acids is 1. The number of aromatic nitrogens is 2. The summed E-state index contributed by atoms with van der Waals surface area (Å²) < 4.78 is 2.03. The third-order valence-corrected chi connectivity index (χ3v) is 5.67. The average Bonchev–Trinajstić information content (AvgIpc) is 3.17. The van der Waals surface area contributed by atoms with Gasteiger partial charge in [0, 0.05) is 37.2 Å². The van der Waals surface area contributed by atoms with E-state index >= 15 is 0 Å². The molecule has 1 amide bonds. The number of rotatable bonds is 3. The Labute approximate surface area is 160 Å². The fourth-order valence-electron chi connectivity index (χ4n) is 3.95. The molecule has 0 N–H and O–H groups in total. The van der Waals surface area contributed by atoms with Crippen LogP contribution in [0.25, 0.3) is 16.8 Å². The molecule has 1 fully saturated rings. The fraction of sp³-hybridized carbons (Fsp3) is 0.364. The van der Waals surface area contributed by atoms with E-state index in [1.807, 2.05) is 46.9 Å². The highest BCUT2D eigenvalue weighted by atomic mass is 16.2. The Hall–Kier alpha value is -2.66. The molecule has 0 saturated carbocycles. The summed E-state index contributed by atoms with van der Waals surface area (Å²) in [6, 6.07) is 10.4. The minimum Gasteiger partial charge on any atom is -0.339 e. The number of amides is 1. The molecule has 5 heteroatoms. The van der Waals surface area contributed by atoms with Crippen LogP contribution in [0.1, 0.15) is 28.8 Å². The molecule has 1 saturated heterocycles. The maximum Gasteiger partial charge on any atom is 0.253 e. The van der Waals surface area contributed by atoms with Crippen molar-refractivity contribution in [2.45, 2.75) is 25.8 Å². The number of hydrogen-bond acceptors (Lipinski definition) is 3. The minimum atomic E-state index is 0.104. The lowest BCUT2D eigenvalue weighted by Crippen LogP contribution is -2.44. The first-order valence-corrected chi connectivity index (χ1v) is 9.52. The number of aryl methyl sites for hydroxylation is 1. The Morgan fingerprint density at radius 3 is 2.74 bits per heavy atom. The van der Waals surface area contributed by atoms with Gasteiger partial charge in [0.15, 0.2) is 0 Å². The van der Waals surface area contributed by atoms with Crippen molar-refractivity contribution in [2.75, 3.05) is 27.2 Å². The standard InChI is InChI=1S/C22H26N4O/c1-16-13-19(15-26-12-9-23-21(16)26)17-5-4-6-18(14-17)22(27)25(3)20-7-10-24(2)11-8-20/h4-6,9,12-15,20H,7-8,10-11H2,1-3H3. The van der Waals surface area contributed by atoms with Crippen LogP contribution in [0.15, 0.2) is 48.9 Å². The number of carbonyl (C=O) groups is 1. The van der Waals surface area contributed by atoms with Gasteiger partial charge in [0.25, 0.3) is 5.91 Å². The van der Waals surface area contributed by atoms with E-state index in [1.165, 1.54) is 0 Å². The summed E-state index contributed by atoms with van der Waals surface area (Å²) in [6.45, 7) is 4.16. The van der Waals surface area contributed by atoms with Crippen LogP contribution in [0, 0.1) is 6.92 Å². The van der Waals surface area contributed by atoms with Crippen molar-refractivity contribution in [3.63, 3.8) is 0 Å². The highest BCUT2D eigenvalue weighted by molar-refractivity contribution is 5.95. The van der Waals surface area contributed by atoms with Gasteiger partial charge in [0.2, 0.25) is 0 Å². The lowest BCUT2D eigenvalue weighted by molar-refractivity contribution is 0.0659. The summed E-state index contributed by atoms with van der Waals surface area (Å²) in [6.07, 6.45) is 7.90. The maximum atomic E-state index is 13.0. The molecule has 1 aliphatic heterocycles. The zero-order valence-corrected chi connectivity index (χ0v) is 16.2. The SMILES string of the molecule is Cc1cc(-c2cccc(C(=O)N(C)C3CCN(C)CC3)c2)cn2ccnc12. The zero-order chi connectivity index (χ0) is 19.0. The van der Waals surface area contributed by atoms with Crippen molar-refractivity contribution in [1.29, 1.82) is 0 Å². The second-order valence-corrected chi connectivity index (χ2v) is 7.60. The van der Waals surface area contributed by atoms with Gasteiger partial charge in [-0.3, -0.25) is 4.79 Å². The Morgan fingerprint density at radius 2 is 1.96 bits per heavy atom. The van der Waals surface area contributed by atoms with Gasteiger partial charge in [-0.2, -0.15) is 0 Å². The predicted octanol–water partition coefficient (Wildman–Crippen LogP) is 3.48. The Morgan fingerprint density at radius 1 is 1.19 bits per heavy atom. The van der Waals surface area contributed by atoms with Crippen LogP contribution in [0.2, 0.25) is 0 Å². The third-order valence-electron chi connectivity index (χ3n) is 5.67. The molecule has 2 aromatic heterocycles. The van der Waals surface area contributed by atoms with E-state index in [2.05, 4.69) is 42.2 Å². The van der Waals surface area contributed by atoms with Crippen molar-refractivity contribution in [1.82, 2.24) is 19.2 Å². The Bertz CT molecular complexity index is 969. The van der Waals surface area contributed by atoms with Gasteiger partial charge in [-0.25, -0.2) is 4.98 Å². The minimum absolute atomic E-state index is 0.104. The third kappa shape index (κ3) is 3.47. The predicted molar refractivity (Wildman–Crippen MR) is 108 cm³/mol. The van der Waals surface area contributed by atoms with E-state index < -0.39 is 0 Å². The second-order valence-electron chi connectivity index (χ2n) is 7.60. The van der Waals surface area contributed by atoms with Crippen LogP contribution in [0.4, 0.5) is 0 Å². The molecule has 0 bridgehead atoms. The fourth-order valence-corrected chi connectivity index (χ4v) is 3.95. The van der Waals surface area contributed by atoms with Crippen LogP contribution in [0.5, 0.6) is 0 Å². The Kier molecular flexibility index (Phi) is 4.70. The highest BCUT2D eigenvalue weighted by Crippen LogP contribution is 2.24. The first-order valence-electron chi connectivity index (χ1n) is 9.52. The molecule has 140 valence electrons. The van der Waals surface area contributed by atoms with Crippen LogP contribution < -0.4 is 0 Å². The molecule has 0 atom stereocenters. The van der Waals surface area contributed by atoms with Crippen molar-refractivity contribution in [3.8, 4) is 11.1 Å². The lowest BCUT2D eigenvalue weighted by atomic mass is 10.0. The number of benzene rings is 1. The molecule has 1 aliphatic rings. The number of likely N-dealkylation sites (tertiary alicyclic amines) is 1. The molecule has 5 nitrogen and oxygen atoms in total. The van der Waals surface area contributed by atoms with Gasteiger partial charge >= 0.3 is 0 Å². The number of fused-ring (bicyclic) bond motifs is 1. The van der Waals surface area contributed by atoms with Gasteiger partial charge in [0.05, 0.1) is 0 Å². The molecular weight excluding hydrogens is 336 g/mol. The molecule has 0 unspecified atom stereocenters. The number of piperidine rings is 1. The van der Waals surface area contributed by atoms with Crippen molar-refractivity contribution in [3.05, 3.63) is 60.0 Å². The van der Waals surface area contributed by atoms with Crippen molar-refractivity contribution in [2.24, 2.45) is 0 Å². The lowest BCUT2D eigenvalue weighted by Gasteiger charge is -2.35. The monoisotopic (exact) mass is 362 g/mol. The number of imidazole rings is 1. The van der Waals surface area contributed by atoms with E-state index in [0.717, 1.165) is 53.8 Å². The molecule has 27 heavy (non-hydrogen) atoms. The average molecular weight is 362 g/mol. The topological polar surface area (TPSA) is 40.9 Å². The second kappa shape index (κ2) is 7.16. The van der Waals surface area contributed by atoms with E-state index in [1.54, 1.807) is 0 Å².